The van der Waals surface area contributed by atoms with Crippen LogP contribution in [-0.4, -0.2) is 30.3 Å². The molecule has 0 saturated carbocycles. The number of hydrogen-bond donors (Lipinski definition) is 1. The molecule has 0 amide bonds. The van der Waals surface area contributed by atoms with Crippen molar-refractivity contribution in [3.05, 3.63) is 24.0 Å². The molecule has 1 aromatic rings. The Morgan fingerprint density at radius 2 is 2.00 bits per heavy atom. The molecule has 0 radical (unpaired) electrons. The van der Waals surface area contributed by atoms with E-state index >= 15 is 0 Å². The highest BCUT2D eigenvalue weighted by Crippen LogP contribution is 2.20. The van der Waals surface area contributed by atoms with Crippen LogP contribution in [0.15, 0.2) is 18.3 Å². The van der Waals surface area contributed by atoms with Gasteiger partial charge in [0.2, 0.25) is 0 Å². The predicted octanol–water partition coefficient (Wildman–Crippen LogP) is 1.71. The summed E-state index contributed by atoms with van der Waals surface area (Å²) in [5, 5.41) is 0. The fraction of sp³-hybridized carbons (Fsp3) is 0.615. The molecule has 94 valence electrons. The lowest BCUT2D eigenvalue weighted by atomic mass is 10.2. The summed E-state index contributed by atoms with van der Waals surface area (Å²) in [5.41, 5.74) is 7.87. The third-order valence-corrected chi connectivity index (χ3v) is 3.02. The molecule has 0 bridgehead atoms. The summed E-state index contributed by atoms with van der Waals surface area (Å²) in [6, 6.07) is 4.09. The van der Waals surface area contributed by atoms with Crippen LogP contribution in [0, 0.1) is 0 Å². The SMILES string of the molecule is CC(N)c1ccc(N2C[C@@H](C)O[C@@H](C)C2)cn1. The summed E-state index contributed by atoms with van der Waals surface area (Å²) in [6.07, 6.45) is 2.45. The van der Waals surface area contributed by atoms with Crippen LogP contribution in [-0.2, 0) is 4.74 Å². The van der Waals surface area contributed by atoms with Crippen molar-refractivity contribution in [1.82, 2.24) is 4.98 Å². The first-order chi connectivity index (χ1) is 8.06. The maximum absolute atomic E-state index is 5.79. The summed E-state index contributed by atoms with van der Waals surface area (Å²) in [7, 11) is 0. The van der Waals surface area contributed by atoms with Crippen LogP contribution in [0.1, 0.15) is 32.5 Å². The van der Waals surface area contributed by atoms with Gasteiger partial charge in [-0.25, -0.2) is 0 Å². The summed E-state index contributed by atoms with van der Waals surface area (Å²) in [6.45, 7) is 7.99. The van der Waals surface area contributed by atoms with Gasteiger partial charge in [-0.3, -0.25) is 4.98 Å². The van der Waals surface area contributed by atoms with Crippen molar-refractivity contribution in [2.45, 2.75) is 39.0 Å². The Bertz CT molecular complexity index is 353. The van der Waals surface area contributed by atoms with Crippen LogP contribution in [0.4, 0.5) is 5.69 Å². The first kappa shape index (κ1) is 12.3. The van der Waals surface area contributed by atoms with E-state index in [-0.39, 0.29) is 18.2 Å². The summed E-state index contributed by atoms with van der Waals surface area (Å²) in [5.74, 6) is 0. The van der Waals surface area contributed by atoms with E-state index in [1.54, 1.807) is 0 Å². The predicted molar refractivity (Wildman–Crippen MR) is 69.1 cm³/mol. The topological polar surface area (TPSA) is 51.4 Å². The van der Waals surface area contributed by atoms with Gasteiger partial charge in [-0.2, -0.15) is 0 Å². The Morgan fingerprint density at radius 1 is 1.35 bits per heavy atom. The number of aromatic nitrogens is 1. The minimum atomic E-state index is -0.00779. The van der Waals surface area contributed by atoms with Crippen molar-refractivity contribution >= 4 is 5.69 Å². The second-order valence-electron chi connectivity index (χ2n) is 4.89. The first-order valence-electron chi connectivity index (χ1n) is 6.18. The molecule has 0 spiro atoms. The lowest BCUT2D eigenvalue weighted by Crippen LogP contribution is -2.45. The van der Waals surface area contributed by atoms with Crippen LogP contribution in [0.25, 0.3) is 0 Å². The molecule has 2 rings (SSSR count). The Balaban J connectivity index is 2.11. The van der Waals surface area contributed by atoms with Crippen molar-refractivity contribution in [3.63, 3.8) is 0 Å². The van der Waals surface area contributed by atoms with Gasteiger partial charge < -0.3 is 15.4 Å². The van der Waals surface area contributed by atoms with Crippen molar-refractivity contribution < 1.29 is 4.74 Å². The molecule has 2 N–H and O–H groups in total. The standard InChI is InChI=1S/C13H21N3O/c1-9-7-16(8-10(2)17-9)12-4-5-13(11(3)14)15-6-12/h4-6,9-11H,7-8,14H2,1-3H3/t9-,10+,11?. The second-order valence-corrected chi connectivity index (χ2v) is 4.89. The molecule has 4 nitrogen and oxygen atoms in total. The number of pyridine rings is 1. The van der Waals surface area contributed by atoms with Gasteiger partial charge in [0.25, 0.3) is 0 Å². The van der Waals surface area contributed by atoms with E-state index in [0.29, 0.717) is 0 Å². The molecule has 1 aromatic heterocycles. The number of hydrogen-bond acceptors (Lipinski definition) is 4. The maximum Gasteiger partial charge on any atom is 0.0726 e. The Labute approximate surface area is 103 Å². The van der Waals surface area contributed by atoms with E-state index in [9.17, 15) is 0 Å². The lowest BCUT2D eigenvalue weighted by Gasteiger charge is -2.36. The van der Waals surface area contributed by atoms with Gasteiger partial charge in [0, 0.05) is 19.1 Å². The normalized spacial score (nSPS) is 26.9. The van der Waals surface area contributed by atoms with E-state index in [1.165, 1.54) is 0 Å². The smallest absolute Gasteiger partial charge is 0.0726 e. The Hall–Kier alpha value is -1.13. The number of rotatable bonds is 2. The highest BCUT2D eigenvalue weighted by Gasteiger charge is 2.22. The average molecular weight is 235 g/mol. The zero-order valence-electron chi connectivity index (χ0n) is 10.8. The molecular formula is C13H21N3O. The zero-order chi connectivity index (χ0) is 12.4. The fourth-order valence-corrected chi connectivity index (χ4v) is 2.24. The summed E-state index contributed by atoms with van der Waals surface area (Å²) >= 11 is 0. The van der Waals surface area contributed by atoms with Crippen molar-refractivity contribution in [3.8, 4) is 0 Å². The van der Waals surface area contributed by atoms with E-state index in [1.807, 2.05) is 19.2 Å². The highest BCUT2D eigenvalue weighted by atomic mass is 16.5. The van der Waals surface area contributed by atoms with E-state index in [2.05, 4.69) is 29.8 Å². The maximum atomic E-state index is 5.79. The van der Waals surface area contributed by atoms with Crippen molar-refractivity contribution in [1.29, 1.82) is 0 Å². The molecule has 4 heteroatoms. The molecule has 0 aromatic carbocycles. The van der Waals surface area contributed by atoms with Crippen molar-refractivity contribution in [2.75, 3.05) is 18.0 Å². The third-order valence-electron chi connectivity index (χ3n) is 3.02. The molecular weight excluding hydrogens is 214 g/mol. The van der Waals surface area contributed by atoms with Crippen LogP contribution in [0.3, 0.4) is 0 Å². The fourth-order valence-electron chi connectivity index (χ4n) is 2.24. The molecule has 1 aliphatic rings. The Morgan fingerprint density at radius 3 is 2.47 bits per heavy atom. The van der Waals surface area contributed by atoms with Crippen LogP contribution < -0.4 is 10.6 Å². The van der Waals surface area contributed by atoms with Gasteiger partial charge in [0.15, 0.2) is 0 Å². The second kappa shape index (κ2) is 5.02. The van der Waals surface area contributed by atoms with Crippen molar-refractivity contribution in [2.24, 2.45) is 5.73 Å². The van der Waals surface area contributed by atoms with Crippen LogP contribution in [0.2, 0.25) is 0 Å². The largest absolute Gasteiger partial charge is 0.372 e. The Kier molecular flexibility index (Phi) is 3.64. The summed E-state index contributed by atoms with van der Waals surface area (Å²) in [4.78, 5) is 6.71. The number of anilines is 1. The first-order valence-corrected chi connectivity index (χ1v) is 6.18. The minimum Gasteiger partial charge on any atom is -0.372 e. The van der Waals surface area contributed by atoms with E-state index in [4.69, 9.17) is 10.5 Å². The summed E-state index contributed by atoms with van der Waals surface area (Å²) < 4.78 is 5.72. The van der Waals surface area contributed by atoms with Gasteiger partial charge in [-0.15, -0.1) is 0 Å². The molecule has 1 saturated heterocycles. The van der Waals surface area contributed by atoms with Crippen LogP contribution >= 0.6 is 0 Å². The number of nitrogens with zero attached hydrogens (tertiary/aromatic N) is 2. The quantitative estimate of drug-likeness (QED) is 0.848. The molecule has 3 atom stereocenters. The number of nitrogens with two attached hydrogens (primary N) is 1. The van der Waals surface area contributed by atoms with Gasteiger partial charge in [0.1, 0.15) is 0 Å². The van der Waals surface area contributed by atoms with Gasteiger partial charge in [-0.1, -0.05) is 0 Å². The third kappa shape index (κ3) is 2.96. The minimum absolute atomic E-state index is 0.00779. The van der Waals surface area contributed by atoms with E-state index in [0.717, 1.165) is 24.5 Å². The van der Waals surface area contributed by atoms with Gasteiger partial charge >= 0.3 is 0 Å². The number of morpholine rings is 1. The average Bonchev–Trinajstić information content (AvgIpc) is 2.28. The monoisotopic (exact) mass is 235 g/mol. The molecule has 0 aliphatic carbocycles. The zero-order valence-corrected chi connectivity index (χ0v) is 10.8. The van der Waals surface area contributed by atoms with E-state index < -0.39 is 0 Å². The van der Waals surface area contributed by atoms with Gasteiger partial charge in [0.05, 0.1) is 29.8 Å². The molecule has 1 fully saturated rings. The lowest BCUT2D eigenvalue weighted by molar-refractivity contribution is -0.00523. The number of ether oxygens (including phenoxy) is 1. The molecule has 2 heterocycles. The highest BCUT2D eigenvalue weighted by molar-refractivity contribution is 5.45. The van der Waals surface area contributed by atoms with Crippen LogP contribution in [0.5, 0.6) is 0 Å². The molecule has 17 heavy (non-hydrogen) atoms. The molecule has 1 aliphatic heterocycles. The molecule has 1 unspecified atom stereocenters. The van der Waals surface area contributed by atoms with Gasteiger partial charge in [-0.05, 0) is 32.9 Å².